The Labute approximate surface area is 164 Å². The van der Waals surface area contributed by atoms with Crippen LogP contribution in [-0.2, 0) is 32.5 Å². The van der Waals surface area contributed by atoms with E-state index < -0.39 is 16.0 Å². The van der Waals surface area contributed by atoms with Crippen LogP contribution in [0.4, 0.5) is 0 Å². The highest BCUT2D eigenvalue weighted by atomic mass is 32.2. The molecular weight excluding hydrogens is 382 g/mol. The van der Waals surface area contributed by atoms with Crippen molar-refractivity contribution in [2.24, 2.45) is 5.14 Å². The molecule has 0 bridgehead atoms. The predicted molar refractivity (Wildman–Crippen MR) is 104 cm³/mol. The first-order valence-corrected chi connectivity index (χ1v) is 10.4. The van der Waals surface area contributed by atoms with Gasteiger partial charge in [0.25, 0.3) is 0 Å². The third-order valence-corrected chi connectivity index (χ3v) is 5.29. The normalized spacial score (nSPS) is 11.3. The van der Waals surface area contributed by atoms with Crippen LogP contribution in [0.25, 0.3) is 0 Å². The molecule has 0 aliphatic rings. The van der Waals surface area contributed by atoms with Crippen LogP contribution in [-0.4, -0.2) is 38.0 Å². The lowest BCUT2D eigenvalue weighted by Crippen LogP contribution is -2.30. The lowest BCUT2D eigenvalue weighted by molar-refractivity contribution is -0.121. The first kappa shape index (κ1) is 21.6. The zero-order valence-corrected chi connectivity index (χ0v) is 17.0. The second-order valence-electron chi connectivity index (χ2n) is 6.38. The molecule has 0 aliphatic carbocycles. The number of carbonyl (C=O) groups excluding carboxylic acids is 2. The van der Waals surface area contributed by atoms with Gasteiger partial charge in [0.1, 0.15) is 6.54 Å². The van der Waals surface area contributed by atoms with Crippen molar-refractivity contribution in [3.63, 3.8) is 0 Å². The van der Waals surface area contributed by atoms with E-state index in [9.17, 15) is 18.0 Å². The second kappa shape index (κ2) is 9.03. The summed E-state index contributed by atoms with van der Waals surface area (Å²) < 4.78 is 29.3. The summed E-state index contributed by atoms with van der Waals surface area (Å²) >= 11 is 0. The number of aryl methyl sites for hydroxylation is 1. The molecule has 1 amide bonds. The van der Waals surface area contributed by atoms with E-state index in [1.807, 2.05) is 6.92 Å². The summed E-state index contributed by atoms with van der Waals surface area (Å²) in [6.07, 6.45) is 0.550. The van der Waals surface area contributed by atoms with E-state index in [0.29, 0.717) is 30.8 Å². The molecule has 0 spiro atoms. The fourth-order valence-corrected chi connectivity index (χ4v) is 3.37. The SMILES string of the molecule is CCOC(=O)c1cc(C)n(CC(=O)NCCc2ccc(S(N)(=O)=O)cc2)c1C. The quantitative estimate of drug-likeness (QED) is 0.639. The average Bonchev–Trinajstić information content (AvgIpc) is 2.90. The number of nitrogens with two attached hydrogens (primary N) is 1. The van der Waals surface area contributed by atoms with Gasteiger partial charge in [-0.3, -0.25) is 4.79 Å². The van der Waals surface area contributed by atoms with E-state index in [1.165, 1.54) is 12.1 Å². The number of sulfonamides is 1. The fraction of sp³-hybridized carbons (Fsp3) is 0.368. The molecule has 0 saturated heterocycles. The maximum atomic E-state index is 12.3. The molecule has 2 rings (SSSR count). The van der Waals surface area contributed by atoms with Gasteiger partial charge in [-0.15, -0.1) is 0 Å². The summed E-state index contributed by atoms with van der Waals surface area (Å²) in [5.74, 6) is -0.580. The van der Waals surface area contributed by atoms with Crippen LogP contribution < -0.4 is 10.5 Å². The van der Waals surface area contributed by atoms with Crippen LogP contribution in [0.2, 0.25) is 0 Å². The molecule has 0 unspecified atom stereocenters. The molecule has 0 radical (unpaired) electrons. The average molecular weight is 407 g/mol. The zero-order valence-electron chi connectivity index (χ0n) is 16.2. The topological polar surface area (TPSA) is 120 Å². The van der Waals surface area contributed by atoms with Gasteiger partial charge in [0, 0.05) is 17.9 Å². The molecule has 1 heterocycles. The largest absolute Gasteiger partial charge is 0.462 e. The first-order chi connectivity index (χ1) is 13.1. The number of ether oxygens (including phenoxy) is 1. The van der Waals surface area contributed by atoms with E-state index in [-0.39, 0.29) is 17.3 Å². The van der Waals surface area contributed by atoms with E-state index in [0.717, 1.165) is 11.3 Å². The first-order valence-electron chi connectivity index (χ1n) is 8.85. The number of esters is 1. The van der Waals surface area contributed by atoms with Crippen molar-refractivity contribution in [2.45, 2.75) is 38.6 Å². The molecular formula is C19H25N3O5S. The van der Waals surface area contributed by atoms with Gasteiger partial charge in [-0.2, -0.15) is 0 Å². The van der Waals surface area contributed by atoms with Crippen LogP contribution in [0.15, 0.2) is 35.2 Å². The summed E-state index contributed by atoms with van der Waals surface area (Å²) in [6, 6.07) is 7.93. The van der Waals surface area contributed by atoms with E-state index in [1.54, 1.807) is 36.6 Å². The Balaban J connectivity index is 1.92. The van der Waals surface area contributed by atoms with Gasteiger partial charge in [0.05, 0.1) is 17.1 Å². The predicted octanol–water partition coefficient (Wildman–Crippen LogP) is 1.29. The molecule has 3 N–H and O–H groups in total. The van der Waals surface area contributed by atoms with Crippen molar-refractivity contribution in [1.82, 2.24) is 9.88 Å². The van der Waals surface area contributed by atoms with Crippen molar-refractivity contribution in [3.05, 3.63) is 52.8 Å². The Kier molecular flexibility index (Phi) is 6.98. The lowest BCUT2D eigenvalue weighted by atomic mass is 10.1. The maximum absolute atomic E-state index is 12.3. The number of benzene rings is 1. The second-order valence-corrected chi connectivity index (χ2v) is 7.94. The Morgan fingerprint density at radius 2 is 1.82 bits per heavy atom. The number of carbonyl (C=O) groups is 2. The van der Waals surface area contributed by atoms with Gasteiger partial charge in [-0.1, -0.05) is 12.1 Å². The summed E-state index contributed by atoms with van der Waals surface area (Å²) in [4.78, 5) is 24.3. The molecule has 152 valence electrons. The third-order valence-electron chi connectivity index (χ3n) is 4.36. The van der Waals surface area contributed by atoms with Gasteiger partial charge in [-0.25, -0.2) is 18.4 Å². The minimum absolute atomic E-state index is 0.0521. The number of amides is 1. The molecule has 0 saturated carbocycles. The van der Waals surface area contributed by atoms with Crippen LogP contribution in [0.3, 0.4) is 0 Å². The van der Waals surface area contributed by atoms with Crippen LogP contribution in [0.1, 0.15) is 34.2 Å². The molecule has 28 heavy (non-hydrogen) atoms. The number of rotatable bonds is 8. The maximum Gasteiger partial charge on any atom is 0.339 e. The Morgan fingerprint density at radius 1 is 1.18 bits per heavy atom. The summed E-state index contributed by atoms with van der Waals surface area (Å²) in [7, 11) is -3.71. The summed E-state index contributed by atoms with van der Waals surface area (Å²) in [5, 5.41) is 7.89. The van der Waals surface area contributed by atoms with Gasteiger partial charge >= 0.3 is 5.97 Å². The Morgan fingerprint density at radius 3 is 2.39 bits per heavy atom. The smallest absolute Gasteiger partial charge is 0.339 e. The fourth-order valence-electron chi connectivity index (χ4n) is 2.85. The molecule has 8 nitrogen and oxygen atoms in total. The van der Waals surface area contributed by atoms with Crippen molar-refractivity contribution in [1.29, 1.82) is 0 Å². The molecule has 9 heteroatoms. The summed E-state index contributed by atoms with van der Waals surface area (Å²) in [5.41, 5.74) is 2.83. The van der Waals surface area contributed by atoms with Gasteiger partial charge in [0.2, 0.25) is 15.9 Å². The van der Waals surface area contributed by atoms with Gasteiger partial charge in [-0.05, 0) is 51.0 Å². The van der Waals surface area contributed by atoms with Crippen molar-refractivity contribution in [3.8, 4) is 0 Å². The number of primary sulfonamides is 1. The van der Waals surface area contributed by atoms with Crippen LogP contribution in [0.5, 0.6) is 0 Å². The van der Waals surface area contributed by atoms with E-state index in [4.69, 9.17) is 9.88 Å². The molecule has 2 aromatic rings. The standard InChI is InChI=1S/C19H25N3O5S/c1-4-27-19(24)17-11-13(2)22(14(17)3)12-18(23)21-10-9-15-5-7-16(8-6-15)28(20,25)26/h5-8,11H,4,9-10,12H2,1-3H3,(H,21,23)(H2,20,25,26). The van der Waals surface area contributed by atoms with E-state index in [2.05, 4.69) is 5.32 Å². The zero-order chi connectivity index (χ0) is 20.9. The van der Waals surface area contributed by atoms with Crippen molar-refractivity contribution >= 4 is 21.9 Å². The van der Waals surface area contributed by atoms with Crippen LogP contribution >= 0.6 is 0 Å². The van der Waals surface area contributed by atoms with Crippen LogP contribution in [0, 0.1) is 13.8 Å². The summed E-state index contributed by atoms with van der Waals surface area (Å²) in [6.45, 7) is 6.14. The highest BCUT2D eigenvalue weighted by Crippen LogP contribution is 2.16. The van der Waals surface area contributed by atoms with E-state index >= 15 is 0 Å². The molecule has 0 atom stereocenters. The monoisotopic (exact) mass is 407 g/mol. The lowest BCUT2D eigenvalue weighted by Gasteiger charge is -2.11. The Hall–Kier alpha value is -2.65. The Bertz CT molecular complexity index is 962. The number of nitrogens with zero attached hydrogens (tertiary/aromatic N) is 1. The van der Waals surface area contributed by atoms with Crippen molar-refractivity contribution in [2.75, 3.05) is 13.2 Å². The third kappa shape index (κ3) is 5.43. The highest BCUT2D eigenvalue weighted by molar-refractivity contribution is 7.89. The molecule has 1 aromatic heterocycles. The highest BCUT2D eigenvalue weighted by Gasteiger charge is 2.18. The number of hydrogen-bond donors (Lipinski definition) is 2. The number of aromatic nitrogens is 1. The number of hydrogen-bond acceptors (Lipinski definition) is 5. The van der Waals surface area contributed by atoms with Gasteiger partial charge < -0.3 is 14.6 Å². The number of nitrogens with one attached hydrogen (secondary N) is 1. The molecule has 0 aliphatic heterocycles. The molecule has 0 fully saturated rings. The minimum atomic E-state index is -3.71. The molecule has 1 aromatic carbocycles. The van der Waals surface area contributed by atoms with Crippen molar-refractivity contribution < 1.29 is 22.7 Å². The minimum Gasteiger partial charge on any atom is -0.462 e. The van der Waals surface area contributed by atoms with Gasteiger partial charge in [0.15, 0.2) is 0 Å².